The number of allylic oxidation sites excluding steroid dienone is 7. The normalized spacial score (nSPS) is 21.6. The molecule has 0 saturated carbocycles. The summed E-state index contributed by atoms with van der Waals surface area (Å²) >= 11 is 7.35. The molecule has 0 radical (unpaired) electrons. The molecule has 3 rings (SSSR count). The number of aliphatic hydroxyl groups excluding tert-OH is 1. The van der Waals surface area contributed by atoms with E-state index in [0.717, 1.165) is 42.5 Å². The Hall–Kier alpha value is -1.43. The molecule has 0 heterocycles. The summed E-state index contributed by atoms with van der Waals surface area (Å²) < 4.78 is 2.37. The molecule has 2 unspecified atom stereocenters. The van der Waals surface area contributed by atoms with Gasteiger partial charge < -0.3 is 5.11 Å². The first-order valence-corrected chi connectivity index (χ1v) is 14.6. The molecule has 196 valence electrons. The standard InChI is InChI=1S/C31H42Br2N2O/c1-30(2,3)25-16-24(29(36)28(17-25)31(4,5)6)19-34-12-13-35(20-22-10-8-7-9-11-22)21-23-14-26(32)18-27(33)15-23/h7-11,14,17-19,23-24,36H,12-13,15-16,20-21H2,1-6H3. The second kappa shape index (κ2) is 12.4. The van der Waals surface area contributed by atoms with Crippen LogP contribution in [0.2, 0.25) is 0 Å². The molecule has 0 aliphatic heterocycles. The highest BCUT2D eigenvalue weighted by Gasteiger charge is 2.32. The van der Waals surface area contributed by atoms with E-state index >= 15 is 0 Å². The van der Waals surface area contributed by atoms with Crippen LogP contribution in [0.3, 0.4) is 0 Å². The third kappa shape index (κ3) is 8.56. The lowest BCUT2D eigenvalue weighted by atomic mass is 9.72. The van der Waals surface area contributed by atoms with Gasteiger partial charge in [-0.3, -0.25) is 9.89 Å². The Morgan fingerprint density at radius 2 is 1.69 bits per heavy atom. The van der Waals surface area contributed by atoms with Crippen LogP contribution in [0.4, 0.5) is 0 Å². The monoisotopic (exact) mass is 616 g/mol. The molecule has 1 aromatic rings. The molecule has 1 aromatic carbocycles. The van der Waals surface area contributed by atoms with Crippen LogP contribution < -0.4 is 0 Å². The van der Waals surface area contributed by atoms with E-state index in [9.17, 15) is 5.11 Å². The molecule has 0 fully saturated rings. The largest absolute Gasteiger partial charge is 0.511 e. The van der Waals surface area contributed by atoms with Gasteiger partial charge in [0.05, 0.1) is 12.5 Å². The number of aliphatic hydroxyl groups is 1. The Labute approximate surface area is 235 Å². The Morgan fingerprint density at radius 3 is 2.31 bits per heavy atom. The van der Waals surface area contributed by atoms with Crippen molar-refractivity contribution < 1.29 is 5.11 Å². The second-order valence-electron chi connectivity index (χ2n) is 12.2. The van der Waals surface area contributed by atoms with Crippen molar-refractivity contribution in [3.8, 4) is 0 Å². The number of benzene rings is 1. The van der Waals surface area contributed by atoms with Crippen LogP contribution in [-0.4, -0.2) is 35.9 Å². The zero-order valence-electron chi connectivity index (χ0n) is 22.7. The number of rotatable bonds is 8. The number of hydrogen-bond donors (Lipinski definition) is 1. The summed E-state index contributed by atoms with van der Waals surface area (Å²) in [6, 6.07) is 10.7. The van der Waals surface area contributed by atoms with E-state index in [4.69, 9.17) is 4.99 Å². The van der Waals surface area contributed by atoms with Crippen LogP contribution in [0.25, 0.3) is 0 Å². The highest BCUT2D eigenvalue weighted by atomic mass is 79.9. The predicted octanol–water partition coefficient (Wildman–Crippen LogP) is 8.99. The highest BCUT2D eigenvalue weighted by Crippen LogP contribution is 2.42. The van der Waals surface area contributed by atoms with Crippen molar-refractivity contribution in [1.82, 2.24) is 4.90 Å². The second-order valence-corrected chi connectivity index (χ2v) is 14.1. The van der Waals surface area contributed by atoms with Crippen molar-refractivity contribution in [3.05, 3.63) is 80.0 Å². The summed E-state index contributed by atoms with van der Waals surface area (Å²) in [7, 11) is 0. The number of halogens is 2. The van der Waals surface area contributed by atoms with E-state index in [0.29, 0.717) is 18.2 Å². The van der Waals surface area contributed by atoms with Crippen molar-refractivity contribution in [2.24, 2.45) is 27.7 Å². The smallest absolute Gasteiger partial charge is 0.105 e. The fourth-order valence-electron chi connectivity index (χ4n) is 4.80. The van der Waals surface area contributed by atoms with Gasteiger partial charge >= 0.3 is 0 Å². The molecule has 2 aliphatic rings. The molecule has 3 nitrogen and oxygen atoms in total. The number of aliphatic imine (C=N–C) groups is 1. The van der Waals surface area contributed by atoms with Gasteiger partial charge in [-0.2, -0.15) is 0 Å². The van der Waals surface area contributed by atoms with E-state index in [-0.39, 0.29) is 16.7 Å². The SMILES string of the molecule is CC(C)(C)C1=CC(C(C)(C)C)=C(O)C(C=NCCN(Cc2ccccc2)CC2C=C(Br)C=C(Br)C2)C1. The Morgan fingerprint density at radius 1 is 1.00 bits per heavy atom. The molecule has 2 atom stereocenters. The molecular formula is C31H42Br2N2O. The number of hydrogen-bond acceptors (Lipinski definition) is 3. The maximum Gasteiger partial charge on any atom is 0.105 e. The minimum atomic E-state index is -0.107. The Bertz CT molecular complexity index is 1050. The molecule has 0 spiro atoms. The van der Waals surface area contributed by atoms with E-state index < -0.39 is 0 Å². The first-order valence-electron chi connectivity index (χ1n) is 13.0. The molecular weight excluding hydrogens is 576 g/mol. The fraction of sp³-hybridized carbons (Fsp3) is 0.516. The molecule has 36 heavy (non-hydrogen) atoms. The zero-order valence-corrected chi connectivity index (χ0v) is 25.9. The van der Waals surface area contributed by atoms with E-state index in [1.165, 1.54) is 15.6 Å². The van der Waals surface area contributed by atoms with Gasteiger partial charge in [0, 0.05) is 30.3 Å². The third-order valence-corrected chi connectivity index (χ3v) is 7.92. The van der Waals surface area contributed by atoms with Crippen LogP contribution in [-0.2, 0) is 6.54 Å². The topological polar surface area (TPSA) is 35.8 Å². The first-order chi connectivity index (χ1) is 16.8. The Kier molecular flexibility index (Phi) is 10.0. The van der Waals surface area contributed by atoms with Crippen molar-refractivity contribution in [2.75, 3.05) is 19.6 Å². The van der Waals surface area contributed by atoms with E-state index in [1.807, 2.05) is 6.21 Å². The lowest BCUT2D eigenvalue weighted by molar-refractivity contribution is 0.246. The van der Waals surface area contributed by atoms with Gasteiger partial charge in [-0.15, -0.1) is 0 Å². The first kappa shape index (κ1) is 29.1. The molecule has 5 heteroatoms. The van der Waals surface area contributed by atoms with Crippen LogP contribution in [0.15, 0.2) is 79.4 Å². The fourth-order valence-corrected chi connectivity index (χ4v) is 6.42. The van der Waals surface area contributed by atoms with Crippen LogP contribution in [0, 0.1) is 22.7 Å². The van der Waals surface area contributed by atoms with Crippen LogP contribution in [0.1, 0.15) is 59.9 Å². The van der Waals surface area contributed by atoms with Crippen LogP contribution >= 0.6 is 31.9 Å². The lowest BCUT2D eigenvalue weighted by Crippen LogP contribution is -2.31. The van der Waals surface area contributed by atoms with Gasteiger partial charge in [0.1, 0.15) is 5.76 Å². The van der Waals surface area contributed by atoms with Crippen molar-refractivity contribution in [3.63, 3.8) is 0 Å². The van der Waals surface area contributed by atoms with Gasteiger partial charge in [-0.25, -0.2) is 0 Å². The van der Waals surface area contributed by atoms with Crippen molar-refractivity contribution in [2.45, 2.75) is 60.9 Å². The molecule has 0 aromatic heterocycles. The van der Waals surface area contributed by atoms with Gasteiger partial charge in [0.2, 0.25) is 0 Å². The summed E-state index contributed by atoms with van der Waals surface area (Å²) in [5.74, 6) is 0.874. The lowest BCUT2D eigenvalue weighted by Gasteiger charge is -2.34. The van der Waals surface area contributed by atoms with Gasteiger partial charge in [-0.1, -0.05) is 121 Å². The summed E-state index contributed by atoms with van der Waals surface area (Å²) in [5, 5.41) is 11.1. The maximum atomic E-state index is 11.1. The van der Waals surface area contributed by atoms with E-state index in [1.54, 1.807) is 0 Å². The van der Waals surface area contributed by atoms with Crippen molar-refractivity contribution >= 4 is 38.1 Å². The summed E-state index contributed by atoms with van der Waals surface area (Å²) in [4.78, 5) is 7.35. The zero-order chi connectivity index (χ0) is 26.5. The molecule has 0 amide bonds. The summed E-state index contributed by atoms with van der Waals surface area (Å²) in [6.45, 7) is 16.7. The molecule has 2 aliphatic carbocycles. The number of nitrogens with zero attached hydrogens (tertiary/aromatic N) is 2. The quantitative estimate of drug-likeness (QED) is 0.295. The highest BCUT2D eigenvalue weighted by molar-refractivity contribution is 9.12. The van der Waals surface area contributed by atoms with Crippen LogP contribution in [0.5, 0.6) is 0 Å². The average Bonchev–Trinajstić information content (AvgIpc) is 2.76. The summed E-state index contributed by atoms with van der Waals surface area (Å²) in [5.41, 5.74) is 3.69. The van der Waals surface area contributed by atoms with Gasteiger partial charge in [0.15, 0.2) is 0 Å². The average molecular weight is 618 g/mol. The minimum Gasteiger partial charge on any atom is -0.511 e. The van der Waals surface area contributed by atoms with Gasteiger partial charge in [-0.05, 0) is 51.3 Å². The van der Waals surface area contributed by atoms with Crippen molar-refractivity contribution in [1.29, 1.82) is 0 Å². The minimum absolute atomic E-state index is 0.0562. The maximum absolute atomic E-state index is 11.1. The van der Waals surface area contributed by atoms with Gasteiger partial charge in [0.25, 0.3) is 0 Å². The molecule has 1 N–H and O–H groups in total. The Balaban J connectivity index is 1.71. The predicted molar refractivity (Wildman–Crippen MR) is 162 cm³/mol. The molecule has 0 bridgehead atoms. The third-order valence-electron chi connectivity index (χ3n) is 6.88. The van der Waals surface area contributed by atoms with E-state index in [2.05, 4.69) is 127 Å². The summed E-state index contributed by atoms with van der Waals surface area (Å²) in [6.07, 6.45) is 10.5. The molecule has 0 saturated heterocycles.